The fourth-order valence-corrected chi connectivity index (χ4v) is 2.01. The number of nitrogens with two attached hydrogens (primary N) is 1. The molecular formula is C12H15ClN2O4. The van der Waals surface area contributed by atoms with Crippen LogP contribution in [0.4, 0.5) is 0 Å². The standard InChI is InChI=1S/C12H15ClN2O4/c13-8-3-7(5-15-6-9(16)12(14)17)4-10-11(8)19-2-1-18-10/h3-4,9,15-16H,1-2,5-6H2,(H2,14,17). The van der Waals surface area contributed by atoms with Crippen LogP contribution in [0.1, 0.15) is 5.56 Å². The molecule has 0 radical (unpaired) electrons. The maximum atomic E-state index is 10.7. The summed E-state index contributed by atoms with van der Waals surface area (Å²) in [7, 11) is 0. The topological polar surface area (TPSA) is 93.8 Å². The number of fused-ring (bicyclic) bond motifs is 1. The predicted octanol–water partition coefficient (Wildman–Crippen LogP) is 0.0470. The van der Waals surface area contributed by atoms with E-state index in [4.69, 9.17) is 26.8 Å². The Balaban J connectivity index is 1.98. The van der Waals surface area contributed by atoms with Gasteiger partial charge in [-0.15, -0.1) is 0 Å². The molecule has 0 bridgehead atoms. The lowest BCUT2D eigenvalue weighted by Crippen LogP contribution is -2.37. The normalized spacial score (nSPS) is 15.1. The Bertz CT molecular complexity index is 481. The number of hydrogen-bond acceptors (Lipinski definition) is 5. The average Bonchev–Trinajstić information content (AvgIpc) is 2.38. The summed E-state index contributed by atoms with van der Waals surface area (Å²) in [5.41, 5.74) is 5.81. The lowest BCUT2D eigenvalue weighted by molar-refractivity contribution is -0.125. The number of rotatable bonds is 5. The summed E-state index contributed by atoms with van der Waals surface area (Å²) in [5, 5.41) is 12.6. The Morgan fingerprint density at radius 1 is 1.47 bits per heavy atom. The third-order valence-electron chi connectivity index (χ3n) is 2.65. The number of aliphatic hydroxyl groups excluding tert-OH is 1. The molecular weight excluding hydrogens is 272 g/mol. The SMILES string of the molecule is NC(=O)C(O)CNCc1cc(Cl)c2c(c1)OCCO2. The first-order chi connectivity index (χ1) is 9.08. The van der Waals surface area contributed by atoms with E-state index in [0.717, 1.165) is 5.56 Å². The second-order valence-electron chi connectivity index (χ2n) is 4.15. The maximum absolute atomic E-state index is 10.7. The number of ether oxygens (including phenoxy) is 2. The van der Waals surface area contributed by atoms with Gasteiger partial charge in [0.25, 0.3) is 0 Å². The Hall–Kier alpha value is -1.50. The number of aliphatic hydroxyl groups is 1. The highest BCUT2D eigenvalue weighted by atomic mass is 35.5. The zero-order valence-corrected chi connectivity index (χ0v) is 10.9. The van der Waals surface area contributed by atoms with Crippen molar-refractivity contribution in [1.82, 2.24) is 5.32 Å². The second kappa shape index (κ2) is 6.10. The number of halogens is 1. The highest BCUT2D eigenvalue weighted by molar-refractivity contribution is 6.32. The molecule has 1 aromatic rings. The Morgan fingerprint density at radius 3 is 2.95 bits per heavy atom. The van der Waals surface area contributed by atoms with Crippen LogP contribution in [0.25, 0.3) is 0 Å². The summed E-state index contributed by atoms with van der Waals surface area (Å²) < 4.78 is 10.9. The molecule has 4 N–H and O–H groups in total. The number of primary amides is 1. The van der Waals surface area contributed by atoms with Gasteiger partial charge < -0.3 is 25.6 Å². The predicted molar refractivity (Wildman–Crippen MR) is 69.3 cm³/mol. The van der Waals surface area contributed by atoms with E-state index in [1.165, 1.54) is 0 Å². The van der Waals surface area contributed by atoms with Gasteiger partial charge in [-0.25, -0.2) is 0 Å². The number of nitrogens with one attached hydrogen (secondary N) is 1. The van der Waals surface area contributed by atoms with Crippen molar-refractivity contribution in [2.75, 3.05) is 19.8 Å². The van der Waals surface area contributed by atoms with Gasteiger partial charge in [-0.1, -0.05) is 11.6 Å². The lowest BCUT2D eigenvalue weighted by Gasteiger charge is -2.20. The third kappa shape index (κ3) is 3.50. The second-order valence-corrected chi connectivity index (χ2v) is 4.56. The summed E-state index contributed by atoms with van der Waals surface area (Å²) in [6.07, 6.45) is -1.20. The van der Waals surface area contributed by atoms with Crippen molar-refractivity contribution < 1.29 is 19.4 Å². The summed E-state index contributed by atoms with van der Waals surface area (Å²) in [6, 6.07) is 3.56. The number of carbonyl (C=O) groups is 1. The molecule has 0 spiro atoms. The highest BCUT2D eigenvalue weighted by Gasteiger charge is 2.17. The molecule has 2 rings (SSSR count). The van der Waals surface area contributed by atoms with Gasteiger partial charge in [-0.2, -0.15) is 0 Å². The molecule has 0 saturated carbocycles. The van der Waals surface area contributed by atoms with Crippen molar-refractivity contribution >= 4 is 17.5 Å². The molecule has 1 aliphatic rings. The number of benzene rings is 1. The summed E-state index contributed by atoms with van der Waals surface area (Å²) in [4.78, 5) is 10.7. The maximum Gasteiger partial charge on any atom is 0.247 e. The van der Waals surface area contributed by atoms with Crippen LogP contribution in [0.2, 0.25) is 5.02 Å². The van der Waals surface area contributed by atoms with Gasteiger partial charge in [0, 0.05) is 13.1 Å². The molecule has 1 aromatic carbocycles. The van der Waals surface area contributed by atoms with Crippen LogP contribution in [0.3, 0.4) is 0 Å². The van der Waals surface area contributed by atoms with Crippen molar-refractivity contribution in [3.05, 3.63) is 22.7 Å². The Morgan fingerprint density at radius 2 is 2.21 bits per heavy atom. The van der Waals surface area contributed by atoms with Crippen molar-refractivity contribution in [1.29, 1.82) is 0 Å². The van der Waals surface area contributed by atoms with Crippen LogP contribution < -0.4 is 20.5 Å². The highest BCUT2D eigenvalue weighted by Crippen LogP contribution is 2.38. The average molecular weight is 287 g/mol. The molecule has 0 aromatic heterocycles. The van der Waals surface area contributed by atoms with Crippen LogP contribution in [0.15, 0.2) is 12.1 Å². The van der Waals surface area contributed by atoms with Crippen LogP contribution in [0, 0.1) is 0 Å². The van der Waals surface area contributed by atoms with Gasteiger partial charge in [0.1, 0.15) is 19.3 Å². The molecule has 1 atom stereocenters. The quantitative estimate of drug-likeness (QED) is 0.711. The first-order valence-corrected chi connectivity index (χ1v) is 6.22. The molecule has 1 unspecified atom stereocenters. The minimum absolute atomic E-state index is 0.0847. The summed E-state index contributed by atoms with van der Waals surface area (Å²) in [6.45, 7) is 1.48. The van der Waals surface area contributed by atoms with Crippen molar-refractivity contribution in [2.45, 2.75) is 12.6 Å². The first-order valence-electron chi connectivity index (χ1n) is 5.84. The minimum atomic E-state index is -1.20. The third-order valence-corrected chi connectivity index (χ3v) is 2.93. The van der Waals surface area contributed by atoms with E-state index in [1.807, 2.05) is 6.07 Å². The minimum Gasteiger partial charge on any atom is -0.486 e. The molecule has 104 valence electrons. The molecule has 7 heteroatoms. The van der Waals surface area contributed by atoms with Gasteiger partial charge in [0.2, 0.25) is 5.91 Å². The smallest absolute Gasteiger partial charge is 0.247 e. The van der Waals surface area contributed by atoms with Crippen molar-refractivity contribution in [2.24, 2.45) is 5.73 Å². The van der Waals surface area contributed by atoms with Crippen LogP contribution >= 0.6 is 11.6 Å². The lowest BCUT2D eigenvalue weighted by atomic mass is 10.2. The van der Waals surface area contributed by atoms with Gasteiger partial charge >= 0.3 is 0 Å². The Kier molecular flexibility index (Phi) is 4.47. The van der Waals surface area contributed by atoms with E-state index in [2.05, 4.69) is 5.32 Å². The van der Waals surface area contributed by atoms with Gasteiger partial charge in [-0.05, 0) is 17.7 Å². The zero-order valence-electron chi connectivity index (χ0n) is 10.2. The molecule has 19 heavy (non-hydrogen) atoms. The Labute approximate surface area is 115 Å². The zero-order chi connectivity index (χ0) is 13.8. The largest absolute Gasteiger partial charge is 0.486 e. The monoisotopic (exact) mass is 286 g/mol. The van der Waals surface area contributed by atoms with Crippen LogP contribution in [0.5, 0.6) is 11.5 Å². The van der Waals surface area contributed by atoms with E-state index in [9.17, 15) is 9.90 Å². The van der Waals surface area contributed by atoms with Crippen molar-refractivity contribution in [3.63, 3.8) is 0 Å². The fourth-order valence-electron chi connectivity index (χ4n) is 1.72. The number of amides is 1. The molecule has 0 aliphatic carbocycles. The molecule has 1 amide bonds. The van der Waals surface area contributed by atoms with E-state index in [0.29, 0.717) is 36.3 Å². The fraction of sp³-hybridized carbons (Fsp3) is 0.417. The van der Waals surface area contributed by atoms with E-state index in [1.54, 1.807) is 6.07 Å². The first kappa shape index (κ1) is 13.9. The van der Waals surface area contributed by atoms with E-state index >= 15 is 0 Å². The molecule has 1 aliphatic heterocycles. The summed E-state index contributed by atoms with van der Waals surface area (Å²) >= 11 is 6.08. The number of carbonyl (C=O) groups excluding carboxylic acids is 1. The molecule has 6 nitrogen and oxygen atoms in total. The van der Waals surface area contributed by atoms with Gasteiger partial charge in [-0.3, -0.25) is 4.79 Å². The van der Waals surface area contributed by atoms with Gasteiger partial charge in [0.05, 0.1) is 5.02 Å². The van der Waals surface area contributed by atoms with Crippen LogP contribution in [-0.2, 0) is 11.3 Å². The molecule has 0 saturated heterocycles. The van der Waals surface area contributed by atoms with Crippen molar-refractivity contribution in [3.8, 4) is 11.5 Å². The summed E-state index contributed by atoms with van der Waals surface area (Å²) in [5.74, 6) is 0.396. The van der Waals surface area contributed by atoms with E-state index in [-0.39, 0.29) is 6.54 Å². The molecule has 1 heterocycles. The molecule has 0 fully saturated rings. The number of hydrogen-bond donors (Lipinski definition) is 3. The van der Waals surface area contributed by atoms with E-state index < -0.39 is 12.0 Å². The van der Waals surface area contributed by atoms with Gasteiger partial charge in [0.15, 0.2) is 11.5 Å². The van der Waals surface area contributed by atoms with Crippen LogP contribution in [-0.4, -0.2) is 36.9 Å².